The lowest BCUT2D eigenvalue weighted by Gasteiger charge is -2.08. The minimum absolute atomic E-state index is 0.373. The van der Waals surface area contributed by atoms with Gasteiger partial charge in [0.15, 0.2) is 0 Å². The average Bonchev–Trinajstić information content (AvgIpc) is 2.98. The summed E-state index contributed by atoms with van der Waals surface area (Å²) in [6.07, 6.45) is 1.29. The molecule has 0 saturated carbocycles. The van der Waals surface area contributed by atoms with E-state index in [4.69, 9.17) is 9.47 Å². The van der Waals surface area contributed by atoms with Crippen LogP contribution in [0.4, 0.5) is 0 Å². The van der Waals surface area contributed by atoms with E-state index in [1.165, 1.54) is 0 Å². The number of benzene rings is 2. The van der Waals surface area contributed by atoms with Crippen LogP contribution in [0.3, 0.4) is 0 Å². The van der Waals surface area contributed by atoms with E-state index in [2.05, 4.69) is 11.1 Å². The maximum Gasteiger partial charge on any atom is 0.124 e. The quantitative estimate of drug-likeness (QED) is 0.732. The lowest BCUT2D eigenvalue weighted by atomic mass is 10.0. The molecule has 0 bridgehead atoms. The number of carbonyl (C=O) groups is 1. The molecule has 3 aromatic rings. The highest BCUT2D eigenvalue weighted by Crippen LogP contribution is 2.31. The van der Waals surface area contributed by atoms with E-state index in [1.807, 2.05) is 36.4 Å². The van der Waals surface area contributed by atoms with E-state index >= 15 is 0 Å². The Morgan fingerprint density at radius 2 is 1.73 bits per heavy atom. The number of carbonyl (C=O) groups excluding carboxylic acids is 1. The molecular formula is C18H17NO3. The van der Waals surface area contributed by atoms with E-state index < -0.39 is 0 Å². The van der Waals surface area contributed by atoms with Gasteiger partial charge in [0.05, 0.1) is 14.2 Å². The van der Waals surface area contributed by atoms with Crippen molar-refractivity contribution >= 4 is 17.2 Å². The van der Waals surface area contributed by atoms with Crippen molar-refractivity contribution in [3.05, 3.63) is 48.0 Å². The number of methoxy groups -OCH3 is 2. The van der Waals surface area contributed by atoms with Gasteiger partial charge in [-0.25, -0.2) is 0 Å². The Kier molecular flexibility index (Phi) is 3.83. The predicted octanol–water partition coefficient (Wildman–Crippen LogP) is 3.59. The Hall–Kier alpha value is -2.75. The number of ether oxygens (including phenoxy) is 2. The van der Waals surface area contributed by atoms with Gasteiger partial charge in [0.1, 0.15) is 17.8 Å². The molecule has 1 heterocycles. The predicted molar refractivity (Wildman–Crippen MR) is 86.6 cm³/mol. The summed E-state index contributed by atoms with van der Waals surface area (Å²) in [4.78, 5) is 14.3. The van der Waals surface area contributed by atoms with Crippen LogP contribution in [0.5, 0.6) is 11.5 Å². The summed E-state index contributed by atoms with van der Waals surface area (Å²) in [5, 5.41) is 1.06. The summed E-state index contributed by atoms with van der Waals surface area (Å²) in [6, 6.07) is 13.7. The molecule has 4 heteroatoms. The van der Waals surface area contributed by atoms with Gasteiger partial charge >= 0.3 is 0 Å². The zero-order chi connectivity index (χ0) is 15.5. The molecule has 0 fully saturated rings. The highest BCUT2D eigenvalue weighted by atomic mass is 16.5. The van der Waals surface area contributed by atoms with Crippen LogP contribution in [0, 0.1) is 0 Å². The van der Waals surface area contributed by atoms with Crippen molar-refractivity contribution in [3.8, 4) is 22.8 Å². The van der Waals surface area contributed by atoms with Crippen molar-refractivity contribution in [1.29, 1.82) is 0 Å². The lowest BCUT2D eigenvalue weighted by molar-refractivity contribution is -0.107. The number of rotatable bonds is 5. The largest absolute Gasteiger partial charge is 0.497 e. The van der Waals surface area contributed by atoms with Gasteiger partial charge < -0.3 is 19.3 Å². The molecule has 0 atom stereocenters. The van der Waals surface area contributed by atoms with Crippen LogP contribution < -0.4 is 9.47 Å². The third-order valence-corrected chi connectivity index (χ3v) is 3.74. The van der Waals surface area contributed by atoms with Crippen LogP contribution >= 0.6 is 0 Å². The first-order valence-electron chi connectivity index (χ1n) is 7.03. The summed E-state index contributed by atoms with van der Waals surface area (Å²) in [6.45, 7) is 0. The summed E-state index contributed by atoms with van der Waals surface area (Å²) in [5.41, 5.74) is 3.92. The first-order valence-corrected chi connectivity index (χ1v) is 7.03. The molecular weight excluding hydrogens is 278 g/mol. The number of H-pyrrole nitrogens is 1. The molecule has 3 rings (SSSR count). The number of aldehydes is 1. The molecule has 1 N–H and O–H groups in total. The van der Waals surface area contributed by atoms with Crippen LogP contribution in [0.2, 0.25) is 0 Å². The number of hydrogen-bond donors (Lipinski definition) is 1. The molecule has 112 valence electrons. The Morgan fingerprint density at radius 1 is 1.00 bits per heavy atom. The number of nitrogens with one attached hydrogen (secondary N) is 1. The van der Waals surface area contributed by atoms with Crippen LogP contribution in [-0.2, 0) is 11.2 Å². The van der Waals surface area contributed by atoms with Gasteiger partial charge in [-0.1, -0.05) is 6.07 Å². The molecule has 0 saturated heterocycles. The van der Waals surface area contributed by atoms with Gasteiger partial charge in [0.25, 0.3) is 0 Å². The van der Waals surface area contributed by atoms with E-state index in [1.54, 1.807) is 14.2 Å². The molecule has 2 aromatic carbocycles. The van der Waals surface area contributed by atoms with Gasteiger partial charge in [-0.15, -0.1) is 0 Å². The number of aromatic nitrogens is 1. The SMILES string of the molecule is COc1ccc(CC=O)c(-c2cc3cc(OC)ccc3[nH]2)c1. The molecule has 0 amide bonds. The first-order chi connectivity index (χ1) is 10.7. The van der Waals surface area contributed by atoms with E-state index in [9.17, 15) is 4.79 Å². The van der Waals surface area contributed by atoms with Crippen molar-refractivity contribution in [1.82, 2.24) is 4.98 Å². The van der Waals surface area contributed by atoms with Crippen molar-refractivity contribution in [2.45, 2.75) is 6.42 Å². The number of fused-ring (bicyclic) bond motifs is 1. The van der Waals surface area contributed by atoms with E-state index in [0.717, 1.165) is 45.5 Å². The van der Waals surface area contributed by atoms with Crippen molar-refractivity contribution in [2.75, 3.05) is 14.2 Å². The molecule has 0 aliphatic carbocycles. The monoisotopic (exact) mass is 295 g/mol. The standard InChI is InChI=1S/C18H17NO3/c1-21-14-5-6-17-13(9-14)10-18(19-17)16-11-15(22-2)4-3-12(16)7-8-20/h3-6,8-11,19H,7H2,1-2H3. The highest BCUT2D eigenvalue weighted by Gasteiger charge is 2.10. The average molecular weight is 295 g/mol. The second kappa shape index (κ2) is 5.93. The summed E-state index contributed by atoms with van der Waals surface area (Å²) < 4.78 is 10.6. The molecule has 0 radical (unpaired) electrons. The molecule has 0 spiro atoms. The maximum absolute atomic E-state index is 10.9. The van der Waals surface area contributed by atoms with Crippen LogP contribution in [-0.4, -0.2) is 25.5 Å². The van der Waals surface area contributed by atoms with Gasteiger partial charge in [-0.05, 0) is 42.0 Å². The lowest BCUT2D eigenvalue weighted by Crippen LogP contribution is -1.93. The Balaban J connectivity index is 2.14. The Morgan fingerprint density at radius 3 is 2.45 bits per heavy atom. The number of aromatic amines is 1. The van der Waals surface area contributed by atoms with Crippen molar-refractivity contribution in [2.24, 2.45) is 0 Å². The maximum atomic E-state index is 10.9. The van der Waals surface area contributed by atoms with Crippen LogP contribution in [0.1, 0.15) is 5.56 Å². The van der Waals surface area contributed by atoms with Crippen molar-refractivity contribution in [3.63, 3.8) is 0 Å². The van der Waals surface area contributed by atoms with Crippen molar-refractivity contribution < 1.29 is 14.3 Å². The second-order valence-corrected chi connectivity index (χ2v) is 5.03. The zero-order valence-corrected chi connectivity index (χ0v) is 12.6. The molecule has 0 aliphatic rings. The molecule has 0 aliphatic heterocycles. The number of hydrogen-bond acceptors (Lipinski definition) is 3. The minimum Gasteiger partial charge on any atom is -0.497 e. The van der Waals surface area contributed by atoms with E-state index in [-0.39, 0.29) is 0 Å². The van der Waals surface area contributed by atoms with Gasteiger partial charge in [0.2, 0.25) is 0 Å². The second-order valence-electron chi connectivity index (χ2n) is 5.03. The van der Waals surface area contributed by atoms with Crippen LogP contribution in [0.25, 0.3) is 22.2 Å². The first kappa shape index (κ1) is 14.2. The highest BCUT2D eigenvalue weighted by molar-refractivity contribution is 5.88. The summed E-state index contributed by atoms with van der Waals surface area (Å²) >= 11 is 0. The van der Waals surface area contributed by atoms with Gasteiger partial charge in [-0.3, -0.25) is 0 Å². The van der Waals surface area contributed by atoms with Gasteiger partial charge in [-0.2, -0.15) is 0 Å². The smallest absolute Gasteiger partial charge is 0.124 e. The molecule has 4 nitrogen and oxygen atoms in total. The Labute approximate surface area is 128 Å². The molecule has 1 aromatic heterocycles. The fraction of sp³-hybridized carbons (Fsp3) is 0.167. The normalized spacial score (nSPS) is 10.6. The third kappa shape index (κ3) is 2.55. The fourth-order valence-corrected chi connectivity index (χ4v) is 2.58. The molecule has 0 unspecified atom stereocenters. The minimum atomic E-state index is 0.373. The zero-order valence-electron chi connectivity index (χ0n) is 12.6. The topological polar surface area (TPSA) is 51.3 Å². The van der Waals surface area contributed by atoms with E-state index in [0.29, 0.717) is 6.42 Å². The van der Waals surface area contributed by atoms with Crippen LogP contribution in [0.15, 0.2) is 42.5 Å². The summed E-state index contributed by atoms with van der Waals surface area (Å²) in [7, 11) is 3.29. The molecule has 22 heavy (non-hydrogen) atoms. The summed E-state index contributed by atoms with van der Waals surface area (Å²) in [5.74, 6) is 1.58. The Bertz CT molecular complexity index is 820. The van der Waals surface area contributed by atoms with Gasteiger partial charge in [0, 0.05) is 28.6 Å². The fourth-order valence-electron chi connectivity index (χ4n) is 2.58. The third-order valence-electron chi connectivity index (χ3n) is 3.74.